The highest BCUT2D eigenvalue weighted by molar-refractivity contribution is 6.00. The normalized spacial score (nSPS) is 32.9. The number of ether oxygens (including phenoxy) is 1. The molecule has 3 amide bonds. The lowest BCUT2D eigenvalue weighted by Crippen LogP contribution is -2.62. The van der Waals surface area contributed by atoms with Crippen molar-refractivity contribution in [2.75, 3.05) is 19.7 Å². The molecule has 1 N–H and O–H groups in total. The van der Waals surface area contributed by atoms with Crippen LogP contribution in [0.3, 0.4) is 0 Å². The van der Waals surface area contributed by atoms with Gasteiger partial charge in [-0.05, 0) is 38.7 Å². The van der Waals surface area contributed by atoms with E-state index in [-0.39, 0.29) is 30.2 Å². The van der Waals surface area contributed by atoms with E-state index in [1.165, 1.54) is 0 Å². The molecule has 1 aromatic carbocycles. The first-order chi connectivity index (χ1) is 19.5. The highest BCUT2D eigenvalue weighted by atomic mass is 16.5. The van der Waals surface area contributed by atoms with Crippen molar-refractivity contribution in [2.45, 2.75) is 89.8 Å². The summed E-state index contributed by atoms with van der Waals surface area (Å²) in [7, 11) is 0. The maximum Gasteiger partial charge on any atom is 0.249 e. The first kappa shape index (κ1) is 29.5. The van der Waals surface area contributed by atoms with Gasteiger partial charge in [-0.25, -0.2) is 0 Å². The molecule has 4 heterocycles. The van der Waals surface area contributed by atoms with Crippen LogP contribution in [0.1, 0.15) is 59.9 Å². The van der Waals surface area contributed by atoms with Crippen molar-refractivity contribution in [1.82, 2.24) is 14.7 Å². The Morgan fingerprint density at radius 2 is 1.66 bits per heavy atom. The molecule has 1 unspecified atom stereocenters. The van der Waals surface area contributed by atoms with Crippen LogP contribution in [0.25, 0.3) is 0 Å². The van der Waals surface area contributed by atoms with E-state index in [1.807, 2.05) is 96.2 Å². The van der Waals surface area contributed by atoms with Gasteiger partial charge in [-0.2, -0.15) is 0 Å². The smallest absolute Gasteiger partial charge is 0.249 e. The van der Waals surface area contributed by atoms with Crippen LogP contribution in [0.5, 0.6) is 0 Å². The fraction of sp³-hybridized carbons (Fsp3) is 0.606. The molecule has 7 atom stereocenters. The summed E-state index contributed by atoms with van der Waals surface area (Å²) in [5, 5.41) is 10.6. The summed E-state index contributed by atoms with van der Waals surface area (Å²) < 4.78 is 7.07. The Morgan fingerprint density at radius 1 is 0.976 bits per heavy atom. The number of carbonyl (C=O) groups excluding carboxylic acids is 3. The van der Waals surface area contributed by atoms with Gasteiger partial charge in [-0.15, -0.1) is 0 Å². The summed E-state index contributed by atoms with van der Waals surface area (Å²) in [6, 6.07) is 8.27. The van der Waals surface area contributed by atoms with Crippen molar-refractivity contribution < 1.29 is 24.2 Å². The van der Waals surface area contributed by atoms with Crippen LogP contribution < -0.4 is 0 Å². The van der Waals surface area contributed by atoms with Crippen molar-refractivity contribution in [3.63, 3.8) is 0 Å². The molecule has 1 spiro atoms. The van der Waals surface area contributed by atoms with Crippen LogP contribution in [-0.4, -0.2) is 86.0 Å². The third-order valence-corrected chi connectivity index (χ3v) is 9.83. The lowest BCUT2D eigenvalue weighted by Gasteiger charge is -2.44. The van der Waals surface area contributed by atoms with Gasteiger partial charge in [0.25, 0.3) is 0 Å². The zero-order valence-electron chi connectivity index (χ0n) is 25.2. The first-order valence-electron chi connectivity index (χ1n) is 15.1. The average Bonchev–Trinajstić information content (AvgIpc) is 3.23. The Hall–Kier alpha value is -2.97. The van der Waals surface area contributed by atoms with Crippen LogP contribution >= 0.6 is 0 Å². The summed E-state index contributed by atoms with van der Waals surface area (Å²) in [5.41, 5.74) is -1.85. The highest BCUT2D eigenvalue weighted by Crippen LogP contribution is 2.59. The van der Waals surface area contributed by atoms with E-state index in [4.69, 9.17) is 4.74 Å². The summed E-state index contributed by atoms with van der Waals surface area (Å²) >= 11 is 0. The lowest BCUT2D eigenvalue weighted by atomic mass is 9.73. The highest BCUT2D eigenvalue weighted by Gasteiger charge is 2.76. The van der Waals surface area contributed by atoms with Gasteiger partial charge in [-0.1, -0.05) is 81.8 Å². The zero-order chi connectivity index (χ0) is 29.7. The van der Waals surface area contributed by atoms with E-state index in [0.717, 1.165) is 12.0 Å². The Kier molecular flexibility index (Phi) is 7.70. The third-order valence-electron chi connectivity index (χ3n) is 9.83. The molecule has 0 aliphatic carbocycles. The molecular formula is C33H45N3O5. The van der Waals surface area contributed by atoms with Gasteiger partial charge in [0.05, 0.1) is 30.1 Å². The maximum absolute atomic E-state index is 14.8. The predicted molar refractivity (Wildman–Crippen MR) is 156 cm³/mol. The second-order valence-electron chi connectivity index (χ2n) is 13.1. The number of carbonyl (C=O) groups is 3. The van der Waals surface area contributed by atoms with Crippen LogP contribution in [0.15, 0.2) is 54.6 Å². The Bertz CT molecular complexity index is 1240. The number of aliphatic hydroxyl groups excluding tert-OH is 1. The van der Waals surface area contributed by atoms with Gasteiger partial charge in [-0.3, -0.25) is 14.4 Å². The van der Waals surface area contributed by atoms with E-state index in [0.29, 0.717) is 26.1 Å². The lowest BCUT2D eigenvalue weighted by molar-refractivity contribution is -0.160. The molecule has 8 heteroatoms. The minimum Gasteiger partial charge on any atom is -0.394 e. The number of fused-ring (bicyclic) bond motifs is 2. The number of hydrogen-bond acceptors (Lipinski definition) is 5. The standard InChI is InChI=1S/C33H45N3O5/c1-7-22(3)24(21-37)36-27-30(40)35(31(4,5)6)19-13-17-33(27)26(29(36)39)25-28(38)34(20-23-14-10-9-11-15-23)18-12-16-32(25,8-2)41-33/h9-17,22,24-27,37H,7-8,18-21H2,1-6H3/t22-,24-,25+,26-,27?,32-,33-/m0/s1. The fourth-order valence-corrected chi connectivity index (χ4v) is 7.47. The summed E-state index contributed by atoms with van der Waals surface area (Å²) in [6.45, 7) is 12.9. The number of benzene rings is 1. The molecule has 0 aromatic heterocycles. The van der Waals surface area contributed by atoms with E-state index < -0.39 is 40.7 Å². The monoisotopic (exact) mass is 563 g/mol. The average molecular weight is 564 g/mol. The fourth-order valence-electron chi connectivity index (χ4n) is 7.47. The van der Waals surface area contributed by atoms with Gasteiger partial charge >= 0.3 is 0 Å². The molecule has 2 fully saturated rings. The third kappa shape index (κ3) is 4.54. The Labute approximate surface area is 244 Å². The number of hydrogen-bond donors (Lipinski definition) is 1. The van der Waals surface area contributed by atoms with Crippen LogP contribution in [0.2, 0.25) is 0 Å². The quantitative estimate of drug-likeness (QED) is 0.513. The van der Waals surface area contributed by atoms with E-state index in [2.05, 4.69) is 0 Å². The second-order valence-corrected chi connectivity index (χ2v) is 13.1. The van der Waals surface area contributed by atoms with Gasteiger partial charge < -0.3 is 24.5 Å². The molecule has 1 aromatic rings. The number of amides is 3. The molecule has 0 bridgehead atoms. The molecule has 4 aliphatic rings. The summed E-state index contributed by atoms with van der Waals surface area (Å²) in [4.78, 5) is 49.0. The molecule has 0 radical (unpaired) electrons. The summed E-state index contributed by atoms with van der Waals surface area (Å²) in [6.07, 6.45) is 8.96. The predicted octanol–water partition coefficient (Wildman–Crippen LogP) is 3.55. The Morgan fingerprint density at radius 3 is 2.27 bits per heavy atom. The van der Waals surface area contributed by atoms with Crippen molar-refractivity contribution in [1.29, 1.82) is 0 Å². The second kappa shape index (κ2) is 10.7. The van der Waals surface area contributed by atoms with Gasteiger partial charge in [0.1, 0.15) is 11.6 Å². The van der Waals surface area contributed by atoms with Crippen molar-refractivity contribution in [3.05, 3.63) is 60.2 Å². The van der Waals surface area contributed by atoms with Gasteiger partial charge in [0.15, 0.2) is 0 Å². The molecule has 2 saturated heterocycles. The Balaban J connectivity index is 1.67. The van der Waals surface area contributed by atoms with Crippen molar-refractivity contribution in [2.24, 2.45) is 17.8 Å². The van der Waals surface area contributed by atoms with Gasteiger partial charge in [0, 0.05) is 25.2 Å². The van der Waals surface area contributed by atoms with Crippen molar-refractivity contribution >= 4 is 17.7 Å². The SMILES string of the molecule is CC[C@H](C)[C@H](CO)N1C(=O)[C@@H]2[C@@H]3C(=O)N(Cc4ccccc4)CC=C[C@]3(CC)O[C@@]23C=CCN(C(C)(C)C)C(=O)C13. The maximum atomic E-state index is 14.8. The molecule has 4 aliphatic heterocycles. The van der Waals surface area contributed by atoms with Gasteiger partial charge in [0.2, 0.25) is 17.7 Å². The number of aliphatic hydroxyl groups is 1. The zero-order valence-corrected chi connectivity index (χ0v) is 25.2. The molecule has 8 nitrogen and oxygen atoms in total. The van der Waals surface area contributed by atoms with E-state index in [1.54, 1.807) is 14.7 Å². The van der Waals surface area contributed by atoms with E-state index >= 15 is 0 Å². The molecular weight excluding hydrogens is 518 g/mol. The largest absolute Gasteiger partial charge is 0.394 e. The molecule has 222 valence electrons. The molecule has 5 rings (SSSR count). The van der Waals surface area contributed by atoms with Crippen LogP contribution in [0.4, 0.5) is 0 Å². The number of rotatable bonds is 7. The molecule has 41 heavy (non-hydrogen) atoms. The van der Waals surface area contributed by atoms with Crippen LogP contribution in [-0.2, 0) is 25.7 Å². The number of likely N-dealkylation sites (tertiary alicyclic amines) is 1. The minimum atomic E-state index is -1.33. The minimum absolute atomic E-state index is 0.0572. The number of nitrogens with zero attached hydrogens (tertiary/aromatic N) is 3. The molecule has 0 saturated carbocycles. The topological polar surface area (TPSA) is 90.4 Å². The summed E-state index contributed by atoms with van der Waals surface area (Å²) in [5.74, 6) is -2.38. The van der Waals surface area contributed by atoms with Crippen molar-refractivity contribution in [3.8, 4) is 0 Å². The van der Waals surface area contributed by atoms with E-state index in [9.17, 15) is 19.5 Å². The first-order valence-corrected chi connectivity index (χ1v) is 15.1. The van der Waals surface area contributed by atoms with Crippen LogP contribution in [0, 0.1) is 17.8 Å².